The fourth-order valence-electron chi connectivity index (χ4n) is 4.32. The molecule has 0 N–H and O–H groups in total. The molecule has 0 bridgehead atoms. The van der Waals surface area contributed by atoms with E-state index in [0.29, 0.717) is 31.7 Å². The molecule has 3 heterocycles. The van der Waals surface area contributed by atoms with E-state index in [1.54, 1.807) is 16.5 Å². The third-order valence-corrected chi connectivity index (χ3v) is 8.12. The van der Waals surface area contributed by atoms with Crippen molar-refractivity contribution in [2.75, 3.05) is 26.2 Å². The Labute approximate surface area is 198 Å². The maximum atomic E-state index is 13.4. The van der Waals surface area contributed by atoms with Crippen LogP contribution < -0.4 is 4.74 Å². The molecule has 2 aliphatic heterocycles. The maximum absolute atomic E-state index is 13.4. The van der Waals surface area contributed by atoms with E-state index < -0.39 is 14.9 Å². The van der Waals surface area contributed by atoms with E-state index in [-0.39, 0.29) is 39.9 Å². The van der Waals surface area contributed by atoms with Gasteiger partial charge in [-0.15, -0.1) is 0 Å². The van der Waals surface area contributed by atoms with Gasteiger partial charge in [-0.2, -0.15) is 9.40 Å². The molecule has 184 valence electrons. The Balaban J connectivity index is 1.79. The second-order valence-corrected chi connectivity index (χ2v) is 10.8. The molecule has 2 aromatic rings. The van der Waals surface area contributed by atoms with Gasteiger partial charge in [0.2, 0.25) is 15.9 Å². The Morgan fingerprint density at radius 3 is 2.32 bits per heavy atom. The molecule has 2 fully saturated rings. The Hall–Kier alpha value is -2.99. The van der Waals surface area contributed by atoms with Crippen LogP contribution in [-0.4, -0.2) is 64.4 Å². The first kappa shape index (κ1) is 24.1. The lowest BCUT2D eigenvalue weighted by Crippen LogP contribution is -2.28. The fourth-order valence-corrected chi connectivity index (χ4v) is 5.97. The van der Waals surface area contributed by atoms with Gasteiger partial charge >= 0.3 is 0 Å². The maximum Gasteiger partial charge on any atom is 0.274 e. The van der Waals surface area contributed by atoms with Crippen molar-refractivity contribution in [2.24, 2.45) is 0 Å². The summed E-state index contributed by atoms with van der Waals surface area (Å²) < 4.78 is 35.7. The highest BCUT2D eigenvalue weighted by Gasteiger charge is 2.33. The van der Waals surface area contributed by atoms with Gasteiger partial charge in [0.1, 0.15) is 10.6 Å². The van der Waals surface area contributed by atoms with Crippen molar-refractivity contribution in [3.8, 4) is 11.6 Å². The van der Waals surface area contributed by atoms with Gasteiger partial charge in [0.05, 0.1) is 11.0 Å². The number of nitrogens with zero attached hydrogens (tertiary/aromatic N) is 5. The summed E-state index contributed by atoms with van der Waals surface area (Å²) in [6, 6.07) is 3.36. The number of sulfonamides is 1. The highest BCUT2D eigenvalue weighted by Crippen LogP contribution is 2.37. The minimum Gasteiger partial charge on any atom is -0.438 e. The van der Waals surface area contributed by atoms with Crippen molar-refractivity contribution in [3.63, 3.8) is 0 Å². The number of hydrogen-bond donors (Lipinski definition) is 0. The Bertz CT molecular complexity index is 1210. The van der Waals surface area contributed by atoms with E-state index >= 15 is 0 Å². The third kappa shape index (κ3) is 4.39. The molecule has 0 spiro atoms. The van der Waals surface area contributed by atoms with Crippen LogP contribution in [0.1, 0.15) is 61.6 Å². The van der Waals surface area contributed by atoms with Crippen LogP contribution in [-0.2, 0) is 10.0 Å². The molecule has 11 nitrogen and oxygen atoms in total. The zero-order valence-electron chi connectivity index (χ0n) is 19.6. The number of likely N-dealkylation sites (tertiary alicyclic amines) is 1. The van der Waals surface area contributed by atoms with Gasteiger partial charge in [-0.3, -0.25) is 14.9 Å². The van der Waals surface area contributed by atoms with E-state index in [0.717, 1.165) is 31.7 Å². The van der Waals surface area contributed by atoms with E-state index in [4.69, 9.17) is 4.74 Å². The molecular formula is C22H29N5O6S. The number of rotatable bonds is 7. The summed E-state index contributed by atoms with van der Waals surface area (Å²) in [4.78, 5) is 25.3. The normalized spacial score (nSPS) is 17.0. The second kappa shape index (κ2) is 9.34. The number of nitro groups is 1. The molecule has 0 radical (unpaired) electrons. The van der Waals surface area contributed by atoms with Gasteiger partial charge < -0.3 is 9.64 Å². The van der Waals surface area contributed by atoms with E-state index in [1.807, 2.05) is 13.8 Å². The molecule has 1 amide bonds. The summed E-state index contributed by atoms with van der Waals surface area (Å²) in [5.41, 5.74) is 0.411. The van der Waals surface area contributed by atoms with Crippen molar-refractivity contribution < 1.29 is 22.9 Å². The van der Waals surface area contributed by atoms with Crippen molar-refractivity contribution in [2.45, 2.75) is 57.4 Å². The molecule has 34 heavy (non-hydrogen) atoms. The molecule has 0 atom stereocenters. The van der Waals surface area contributed by atoms with Crippen LogP contribution in [0.15, 0.2) is 23.1 Å². The molecule has 12 heteroatoms. The third-order valence-electron chi connectivity index (χ3n) is 6.20. The van der Waals surface area contributed by atoms with Crippen LogP contribution in [0.5, 0.6) is 11.6 Å². The van der Waals surface area contributed by atoms with Gasteiger partial charge in [-0.1, -0.05) is 0 Å². The number of nitro benzene ring substituents is 1. The van der Waals surface area contributed by atoms with Gasteiger partial charge in [0.15, 0.2) is 5.69 Å². The SMILES string of the molecule is Cc1c(C(=O)N2CCCC2)nn(C(C)C)c1Oc1ccc([N+](=O)[O-])cc1S(=O)(=O)N1CCCC1. The smallest absolute Gasteiger partial charge is 0.274 e. The number of carbonyl (C=O) groups is 1. The number of hydrogen-bond acceptors (Lipinski definition) is 7. The Morgan fingerprint density at radius 1 is 1.12 bits per heavy atom. The first-order valence-corrected chi connectivity index (χ1v) is 12.9. The number of benzene rings is 1. The summed E-state index contributed by atoms with van der Waals surface area (Å²) >= 11 is 0. The summed E-state index contributed by atoms with van der Waals surface area (Å²) in [7, 11) is -4.01. The van der Waals surface area contributed by atoms with Gasteiger partial charge in [-0.05, 0) is 52.5 Å². The van der Waals surface area contributed by atoms with Crippen LogP contribution in [0.3, 0.4) is 0 Å². The lowest BCUT2D eigenvalue weighted by Gasteiger charge is -2.19. The molecular weight excluding hydrogens is 462 g/mol. The molecule has 0 saturated carbocycles. The number of aromatic nitrogens is 2. The molecule has 0 unspecified atom stereocenters. The number of carbonyl (C=O) groups excluding carboxylic acids is 1. The van der Waals surface area contributed by atoms with Gasteiger partial charge in [0.25, 0.3) is 11.6 Å². The zero-order valence-corrected chi connectivity index (χ0v) is 20.4. The zero-order chi connectivity index (χ0) is 24.6. The van der Waals surface area contributed by atoms with Crippen LogP contribution >= 0.6 is 0 Å². The number of amides is 1. The predicted molar refractivity (Wildman–Crippen MR) is 124 cm³/mol. The van der Waals surface area contributed by atoms with E-state index in [2.05, 4.69) is 5.10 Å². The first-order valence-electron chi connectivity index (χ1n) is 11.5. The Kier molecular flexibility index (Phi) is 6.63. The average Bonchev–Trinajstić information content (AvgIpc) is 3.56. The van der Waals surface area contributed by atoms with Crippen LogP contribution in [0.2, 0.25) is 0 Å². The molecule has 2 saturated heterocycles. The van der Waals surface area contributed by atoms with Crippen molar-refractivity contribution >= 4 is 21.6 Å². The minimum atomic E-state index is -4.01. The highest BCUT2D eigenvalue weighted by molar-refractivity contribution is 7.89. The lowest BCUT2D eigenvalue weighted by atomic mass is 10.2. The fraction of sp³-hybridized carbons (Fsp3) is 0.545. The van der Waals surface area contributed by atoms with Crippen LogP contribution in [0.25, 0.3) is 0 Å². The van der Waals surface area contributed by atoms with Crippen LogP contribution in [0.4, 0.5) is 5.69 Å². The second-order valence-electron chi connectivity index (χ2n) is 8.92. The van der Waals surface area contributed by atoms with Crippen molar-refractivity contribution in [3.05, 3.63) is 39.6 Å². The van der Waals surface area contributed by atoms with Crippen LogP contribution in [0, 0.1) is 17.0 Å². The molecule has 1 aromatic heterocycles. The first-order chi connectivity index (χ1) is 16.1. The van der Waals surface area contributed by atoms with Crippen molar-refractivity contribution in [1.82, 2.24) is 19.0 Å². The minimum absolute atomic E-state index is 0.0393. The molecule has 1 aromatic carbocycles. The standard InChI is InChI=1S/C22H29N5O6S/c1-15(2)26-22(16(3)20(23-26)21(28)24-10-4-5-11-24)33-18-9-8-17(27(29)30)14-19(18)34(31,32)25-12-6-7-13-25/h8-9,14-15H,4-7,10-13H2,1-3H3. The molecule has 0 aliphatic carbocycles. The monoisotopic (exact) mass is 491 g/mol. The van der Waals surface area contributed by atoms with Gasteiger partial charge in [0, 0.05) is 43.9 Å². The lowest BCUT2D eigenvalue weighted by molar-refractivity contribution is -0.385. The summed E-state index contributed by atoms with van der Waals surface area (Å²) in [5.74, 6) is 0.0136. The highest BCUT2D eigenvalue weighted by atomic mass is 32.2. The summed E-state index contributed by atoms with van der Waals surface area (Å²) in [5, 5.41) is 15.9. The summed E-state index contributed by atoms with van der Waals surface area (Å²) in [6.07, 6.45) is 3.34. The Morgan fingerprint density at radius 2 is 1.74 bits per heavy atom. The largest absolute Gasteiger partial charge is 0.438 e. The number of non-ortho nitro benzene ring substituents is 1. The summed E-state index contributed by atoms with van der Waals surface area (Å²) in [6.45, 7) is 7.50. The number of ether oxygens (including phenoxy) is 1. The van der Waals surface area contributed by atoms with Crippen molar-refractivity contribution in [1.29, 1.82) is 0 Å². The van der Waals surface area contributed by atoms with E-state index in [9.17, 15) is 23.3 Å². The quantitative estimate of drug-likeness (QED) is 0.428. The topological polar surface area (TPSA) is 128 Å². The van der Waals surface area contributed by atoms with Gasteiger partial charge in [-0.25, -0.2) is 13.1 Å². The van der Waals surface area contributed by atoms with E-state index in [1.165, 1.54) is 16.4 Å². The molecule has 4 rings (SSSR count). The average molecular weight is 492 g/mol. The predicted octanol–water partition coefficient (Wildman–Crippen LogP) is 3.49. The molecule has 2 aliphatic rings.